The van der Waals surface area contributed by atoms with E-state index in [1.807, 2.05) is 32.9 Å². The first-order valence-electron chi connectivity index (χ1n) is 20.4. The summed E-state index contributed by atoms with van der Waals surface area (Å²) in [5.41, 5.74) is 4.85. The quantitative estimate of drug-likeness (QED) is 0.207. The molecule has 3 aromatic rings. The minimum atomic E-state index is -0.186. The maximum atomic E-state index is 14.8. The van der Waals surface area contributed by atoms with Crippen LogP contribution >= 0.6 is 0 Å². The molecule has 3 heterocycles. The molecule has 9 nitrogen and oxygen atoms in total. The zero-order valence-electron chi connectivity index (χ0n) is 33.0. The Labute approximate surface area is 316 Å². The van der Waals surface area contributed by atoms with Crippen molar-refractivity contribution in [1.29, 1.82) is 0 Å². The molecule has 53 heavy (non-hydrogen) atoms. The van der Waals surface area contributed by atoms with Gasteiger partial charge in [-0.3, -0.25) is 14.4 Å². The van der Waals surface area contributed by atoms with Crippen LogP contribution < -0.4 is 9.64 Å². The molecule has 1 saturated heterocycles. The van der Waals surface area contributed by atoms with Crippen molar-refractivity contribution in [2.75, 3.05) is 31.6 Å². The fraction of sp³-hybridized carbons (Fsp3) is 0.636. The number of rotatable bonds is 10. The second-order valence-electron chi connectivity index (χ2n) is 17.7. The van der Waals surface area contributed by atoms with E-state index in [2.05, 4.69) is 65.1 Å². The first-order valence-corrected chi connectivity index (χ1v) is 20.4. The molecule has 1 aromatic carbocycles. The smallest absolute Gasteiger partial charge is 0.410 e. The topological polar surface area (TPSA) is 89.8 Å². The number of methoxy groups -OCH3 is 1. The number of hydrogen-bond acceptors (Lipinski definition) is 6. The number of amides is 2. The van der Waals surface area contributed by atoms with Gasteiger partial charge in [-0.1, -0.05) is 26.0 Å². The van der Waals surface area contributed by atoms with Crippen molar-refractivity contribution >= 4 is 17.8 Å². The van der Waals surface area contributed by atoms with E-state index >= 15 is 0 Å². The summed E-state index contributed by atoms with van der Waals surface area (Å²) >= 11 is 0. The second kappa shape index (κ2) is 15.1. The largest absolute Gasteiger partial charge is 0.496 e. The van der Waals surface area contributed by atoms with Gasteiger partial charge >= 0.3 is 6.09 Å². The van der Waals surface area contributed by atoms with Crippen LogP contribution in [0, 0.1) is 24.2 Å². The summed E-state index contributed by atoms with van der Waals surface area (Å²) in [5, 5.41) is 4.72. The van der Waals surface area contributed by atoms with E-state index in [1.54, 1.807) is 7.11 Å². The molecule has 1 aliphatic heterocycles. The fourth-order valence-electron chi connectivity index (χ4n) is 9.52. The number of anilines is 1. The molecule has 2 aromatic heterocycles. The molecule has 286 valence electrons. The Bertz CT molecular complexity index is 1740. The number of nitrogens with zero attached hydrogens (tertiary/aromatic N) is 5. The highest BCUT2D eigenvalue weighted by Gasteiger charge is 2.51. The van der Waals surface area contributed by atoms with Crippen molar-refractivity contribution in [2.24, 2.45) is 17.3 Å². The Morgan fingerprint density at radius 3 is 2.28 bits per heavy atom. The third kappa shape index (κ3) is 7.72. The fourth-order valence-corrected chi connectivity index (χ4v) is 9.52. The number of carbonyl (C=O) groups excluding carboxylic acids is 2. The number of hydrogen-bond donors (Lipinski definition) is 0. The molecule has 9 heteroatoms. The molecular weight excluding hydrogens is 663 g/mol. The third-order valence-corrected chi connectivity index (χ3v) is 13.9. The number of likely N-dealkylation sites (tertiary alicyclic amines) is 1. The molecule has 0 radical (unpaired) electrons. The van der Waals surface area contributed by atoms with Crippen molar-refractivity contribution in [3.8, 4) is 16.9 Å². The molecule has 5 aliphatic rings. The molecule has 8 rings (SSSR count). The Morgan fingerprint density at radius 1 is 0.943 bits per heavy atom. The van der Waals surface area contributed by atoms with Gasteiger partial charge in [-0.05, 0) is 156 Å². The van der Waals surface area contributed by atoms with Crippen molar-refractivity contribution in [3.05, 3.63) is 60.0 Å². The molecule has 4 aliphatic carbocycles. The SMILES string of the molecule is CCC(C)(C)n1cc(-c2ccnc(N(CC34CCC(c5ccc(OC)c(C)c5)(CC3)CC4)C(=O)[C@H]3CC[C@H](OC(=O)N4CCC(C)CC4)CC3)c2)cn1. The van der Waals surface area contributed by atoms with Crippen molar-refractivity contribution < 1.29 is 19.1 Å². The van der Waals surface area contributed by atoms with E-state index in [-0.39, 0.29) is 40.4 Å². The summed E-state index contributed by atoms with van der Waals surface area (Å²) in [7, 11) is 1.74. The third-order valence-electron chi connectivity index (χ3n) is 13.9. The number of aryl methyl sites for hydroxylation is 1. The highest BCUT2D eigenvalue weighted by Crippen LogP contribution is 2.58. The average Bonchev–Trinajstić information content (AvgIpc) is 3.70. The number of aromatic nitrogens is 3. The Balaban J connectivity index is 1.09. The molecule has 2 bridgehead atoms. The summed E-state index contributed by atoms with van der Waals surface area (Å²) in [6.07, 6.45) is 18.2. The number of fused-ring (bicyclic) bond motifs is 3. The van der Waals surface area contributed by atoms with Gasteiger partial charge in [0.25, 0.3) is 0 Å². The molecule has 2 amide bonds. The van der Waals surface area contributed by atoms with E-state index in [9.17, 15) is 9.59 Å². The van der Waals surface area contributed by atoms with Crippen LogP contribution in [-0.4, -0.2) is 64.5 Å². The lowest BCUT2D eigenvalue weighted by Gasteiger charge is -2.55. The van der Waals surface area contributed by atoms with E-state index in [0.29, 0.717) is 12.5 Å². The van der Waals surface area contributed by atoms with E-state index in [4.69, 9.17) is 19.6 Å². The Morgan fingerprint density at radius 2 is 1.64 bits per heavy atom. The highest BCUT2D eigenvalue weighted by molar-refractivity contribution is 5.95. The summed E-state index contributed by atoms with van der Waals surface area (Å²) in [6.45, 7) is 13.2. The van der Waals surface area contributed by atoms with Crippen molar-refractivity contribution in [1.82, 2.24) is 19.7 Å². The zero-order valence-corrected chi connectivity index (χ0v) is 33.0. The summed E-state index contributed by atoms with van der Waals surface area (Å²) < 4.78 is 13.6. The minimum absolute atomic E-state index is 0.0608. The van der Waals surface area contributed by atoms with Crippen LogP contribution in [0.3, 0.4) is 0 Å². The molecular formula is C44H61N5O4. The average molecular weight is 724 g/mol. The van der Waals surface area contributed by atoms with Gasteiger partial charge in [0.2, 0.25) is 5.91 Å². The lowest BCUT2D eigenvalue weighted by atomic mass is 9.51. The summed E-state index contributed by atoms with van der Waals surface area (Å²) in [4.78, 5) is 36.6. The van der Waals surface area contributed by atoms with Crippen LogP contribution in [-0.2, 0) is 20.5 Å². The van der Waals surface area contributed by atoms with Gasteiger partial charge in [0.1, 0.15) is 17.7 Å². The summed E-state index contributed by atoms with van der Waals surface area (Å²) in [5.74, 6) is 2.37. The van der Waals surface area contributed by atoms with Gasteiger partial charge in [-0.25, -0.2) is 9.78 Å². The van der Waals surface area contributed by atoms with Gasteiger partial charge in [0.15, 0.2) is 0 Å². The van der Waals surface area contributed by atoms with Crippen LogP contribution in [0.1, 0.15) is 122 Å². The predicted octanol–water partition coefficient (Wildman–Crippen LogP) is 9.46. The normalized spacial score (nSPS) is 26.3. The van der Waals surface area contributed by atoms with Crippen LogP contribution in [0.2, 0.25) is 0 Å². The standard InChI is InChI=1S/C44H61N5O4/c1-7-42(4,5)49-29-35(28-46-49)34-14-23-45-39(27-34)48(40(50)33-8-11-37(12-9-33)53-41(51)47-24-15-31(2)16-25-47)30-43-17-20-44(21-18-43,22-19-43)36-10-13-38(52-6)32(3)26-36/h10,13-14,23,26-29,31,33,37H,7-9,11-12,15-22,24-25,30H2,1-6H3/t33-,37-,43?,44?. The lowest BCUT2D eigenvalue weighted by molar-refractivity contribution is -0.124. The van der Waals surface area contributed by atoms with Crippen LogP contribution in [0.4, 0.5) is 10.6 Å². The zero-order chi connectivity index (χ0) is 37.4. The number of benzene rings is 1. The van der Waals surface area contributed by atoms with E-state index in [0.717, 1.165) is 119 Å². The van der Waals surface area contributed by atoms with Crippen LogP contribution in [0.15, 0.2) is 48.9 Å². The first kappa shape index (κ1) is 37.4. The molecule has 0 N–H and O–H groups in total. The van der Waals surface area contributed by atoms with Gasteiger partial charge in [-0.2, -0.15) is 5.10 Å². The highest BCUT2D eigenvalue weighted by atomic mass is 16.6. The van der Waals surface area contributed by atoms with Gasteiger partial charge in [0, 0.05) is 43.5 Å². The number of carbonyl (C=O) groups is 2. The molecule has 5 fully saturated rings. The molecule has 0 atom stereocenters. The van der Waals surface area contributed by atoms with Gasteiger partial charge in [0.05, 0.1) is 18.8 Å². The predicted molar refractivity (Wildman–Crippen MR) is 209 cm³/mol. The number of piperidine rings is 1. The minimum Gasteiger partial charge on any atom is -0.496 e. The second-order valence-corrected chi connectivity index (χ2v) is 17.7. The maximum Gasteiger partial charge on any atom is 0.410 e. The molecule has 0 unspecified atom stereocenters. The monoisotopic (exact) mass is 723 g/mol. The molecule has 4 saturated carbocycles. The van der Waals surface area contributed by atoms with Crippen LogP contribution in [0.5, 0.6) is 5.75 Å². The Kier molecular flexibility index (Phi) is 10.7. The van der Waals surface area contributed by atoms with Crippen LogP contribution in [0.25, 0.3) is 11.1 Å². The van der Waals surface area contributed by atoms with E-state index < -0.39 is 0 Å². The lowest BCUT2D eigenvalue weighted by Crippen LogP contribution is -2.52. The number of pyridine rings is 1. The van der Waals surface area contributed by atoms with Gasteiger partial charge in [-0.15, -0.1) is 0 Å². The molecule has 0 spiro atoms. The Hall–Kier alpha value is -3.88. The first-order chi connectivity index (χ1) is 25.4. The van der Waals surface area contributed by atoms with Crippen molar-refractivity contribution in [2.45, 2.75) is 135 Å². The van der Waals surface area contributed by atoms with Crippen molar-refractivity contribution in [3.63, 3.8) is 0 Å². The summed E-state index contributed by atoms with van der Waals surface area (Å²) in [6, 6.07) is 10.9. The number of ether oxygens (including phenoxy) is 2. The van der Waals surface area contributed by atoms with E-state index in [1.165, 1.54) is 11.1 Å². The van der Waals surface area contributed by atoms with Gasteiger partial charge < -0.3 is 14.4 Å². The maximum absolute atomic E-state index is 14.8.